The fourth-order valence-corrected chi connectivity index (χ4v) is 2.58. The molecule has 1 fully saturated rings. The largest absolute Gasteiger partial charge is 0.381 e. The number of amides is 2. The van der Waals surface area contributed by atoms with Crippen molar-refractivity contribution in [2.75, 3.05) is 13.2 Å². The average molecular weight is 306 g/mol. The molecule has 0 bridgehead atoms. The van der Waals surface area contributed by atoms with E-state index in [1.165, 1.54) is 0 Å². The van der Waals surface area contributed by atoms with Crippen LogP contribution in [0.25, 0.3) is 0 Å². The van der Waals surface area contributed by atoms with Crippen LogP contribution < -0.4 is 10.8 Å². The molecule has 0 aliphatic carbocycles. The fraction of sp³-hybridized carbons (Fsp3) is 0.500. The van der Waals surface area contributed by atoms with Crippen LogP contribution in [0, 0.1) is 5.92 Å². The van der Waals surface area contributed by atoms with E-state index in [0.717, 1.165) is 31.6 Å². The Morgan fingerprint density at radius 1 is 1.27 bits per heavy atom. The van der Waals surface area contributed by atoms with E-state index < -0.39 is 5.91 Å². The molecule has 6 nitrogen and oxygen atoms in total. The minimum absolute atomic E-state index is 0.0385. The number of ether oxygens (including phenoxy) is 1. The third kappa shape index (κ3) is 4.54. The van der Waals surface area contributed by atoms with Gasteiger partial charge in [-0.05, 0) is 43.4 Å². The summed E-state index contributed by atoms with van der Waals surface area (Å²) >= 11 is 0. The van der Waals surface area contributed by atoms with E-state index in [2.05, 4.69) is 5.32 Å². The summed E-state index contributed by atoms with van der Waals surface area (Å²) in [4.78, 5) is 23.3. The Hall–Kier alpha value is -1.92. The molecule has 1 atom stereocenters. The lowest BCUT2D eigenvalue weighted by atomic mass is 9.96. The van der Waals surface area contributed by atoms with Crippen molar-refractivity contribution in [3.63, 3.8) is 0 Å². The number of hydrogen-bond acceptors (Lipinski definition) is 4. The zero-order chi connectivity index (χ0) is 15.9. The highest BCUT2D eigenvalue weighted by Gasteiger charge is 2.18. The Labute approximate surface area is 129 Å². The lowest BCUT2D eigenvalue weighted by Gasteiger charge is -2.22. The fourth-order valence-electron chi connectivity index (χ4n) is 2.58. The Bertz CT molecular complexity index is 509. The number of nitrogens with one attached hydrogen (secondary N) is 2. The van der Waals surface area contributed by atoms with Crippen molar-refractivity contribution in [1.29, 1.82) is 0 Å². The van der Waals surface area contributed by atoms with Crippen molar-refractivity contribution >= 4 is 11.8 Å². The van der Waals surface area contributed by atoms with Crippen molar-refractivity contribution in [1.82, 2.24) is 10.8 Å². The maximum Gasteiger partial charge on any atom is 0.274 e. The third-order valence-corrected chi connectivity index (χ3v) is 3.97. The standard InChI is InChI=1S/C16H22N2O4/c1-11(13-2-4-14(5-3-13)16(20)18-21)17-15(19)10-12-6-8-22-9-7-12/h2-5,11-12,21H,6-10H2,1H3,(H,17,19)(H,18,20). The summed E-state index contributed by atoms with van der Waals surface area (Å²) in [5.74, 6) is -0.115. The van der Waals surface area contributed by atoms with Crippen LogP contribution in [-0.4, -0.2) is 30.2 Å². The van der Waals surface area contributed by atoms with Crippen molar-refractivity contribution in [3.05, 3.63) is 35.4 Å². The van der Waals surface area contributed by atoms with Crippen molar-refractivity contribution in [2.45, 2.75) is 32.2 Å². The molecule has 0 saturated carbocycles. The quantitative estimate of drug-likeness (QED) is 0.572. The molecule has 0 radical (unpaired) electrons. The molecule has 2 amide bonds. The van der Waals surface area contributed by atoms with Gasteiger partial charge in [-0.2, -0.15) is 0 Å². The summed E-state index contributed by atoms with van der Waals surface area (Å²) in [6, 6.07) is 6.64. The van der Waals surface area contributed by atoms with Crippen LogP contribution in [-0.2, 0) is 9.53 Å². The van der Waals surface area contributed by atoms with E-state index >= 15 is 0 Å². The van der Waals surface area contributed by atoms with Gasteiger partial charge in [-0.3, -0.25) is 14.8 Å². The van der Waals surface area contributed by atoms with Crippen molar-refractivity contribution in [2.24, 2.45) is 5.92 Å². The first-order valence-corrected chi connectivity index (χ1v) is 7.51. The van der Waals surface area contributed by atoms with Crippen molar-refractivity contribution in [3.8, 4) is 0 Å². The van der Waals surface area contributed by atoms with Crippen LogP contribution in [0.3, 0.4) is 0 Å². The Morgan fingerprint density at radius 3 is 2.50 bits per heavy atom. The summed E-state index contributed by atoms with van der Waals surface area (Å²) in [6.45, 7) is 3.38. The van der Waals surface area contributed by atoms with Gasteiger partial charge in [-0.15, -0.1) is 0 Å². The molecule has 0 aromatic heterocycles. The van der Waals surface area contributed by atoms with Crippen LogP contribution in [0.15, 0.2) is 24.3 Å². The van der Waals surface area contributed by atoms with Crippen LogP contribution in [0.1, 0.15) is 48.1 Å². The van der Waals surface area contributed by atoms with E-state index in [1.54, 1.807) is 29.7 Å². The summed E-state index contributed by atoms with van der Waals surface area (Å²) in [5.41, 5.74) is 2.87. The minimum Gasteiger partial charge on any atom is -0.381 e. The second-order valence-electron chi connectivity index (χ2n) is 5.61. The first-order valence-electron chi connectivity index (χ1n) is 7.51. The van der Waals surface area contributed by atoms with Crippen molar-refractivity contribution < 1.29 is 19.5 Å². The van der Waals surface area contributed by atoms with Crippen LogP contribution >= 0.6 is 0 Å². The summed E-state index contributed by atoms with van der Waals surface area (Å²) in [6.07, 6.45) is 2.40. The molecule has 1 heterocycles. The van der Waals surface area contributed by atoms with Gasteiger partial charge in [0.15, 0.2) is 0 Å². The van der Waals surface area contributed by atoms with Gasteiger partial charge >= 0.3 is 0 Å². The molecule has 6 heteroatoms. The molecule has 2 rings (SSSR count). The Kier molecular flexibility index (Phi) is 5.91. The predicted molar refractivity (Wildman–Crippen MR) is 80.4 cm³/mol. The zero-order valence-electron chi connectivity index (χ0n) is 12.7. The minimum atomic E-state index is -0.553. The number of hydrogen-bond donors (Lipinski definition) is 3. The molecular weight excluding hydrogens is 284 g/mol. The average Bonchev–Trinajstić information content (AvgIpc) is 2.55. The zero-order valence-corrected chi connectivity index (χ0v) is 12.7. The van der Waals surface area contributed by atoms with E-state index in [4.69, 9.17) is 9.94 Å². The second kappa shape index (κ2) is 7.91. The Balaban J connectivity index is 1.86. The molecule has 1 saturated heterocycles. The molecule has 1 aliphatic rings. The number of rotatable bonds is 5. The van der Waals surface area contributed by atoms with Gasteiger partial charge in [0.05, 0.1) is 6.04 Å². The maximum atomic E-state index is 12.1. The molecule has 0 spiro atoms. The summed E-state index contributed by atoms with van der Waals surface area (Å²) < 4.78 is 5.29. The predicted octanol–water partition coefficient (Wildman–Crippen LogP) is 1.80. The van der Waals surface area contributed by atoms with Gasteiger partial charge in [0, 0.05) is 25.2 Å². The lowest BCUT2D eigenvalue weighted by Crippen LogP contribution is -2.30. The third-order valence-electron chi connectivity index (χ3n) is 3.97. The van der Waals surface area contributed by atoms with Gasteiger partial charge in [0.1, 0.15) is 0 Å². The maximum absolute atomic E-state index is 12.1. The van der Waals surface area contributed by atoms with Gasteiger partial charge in [-0.1, -0.05) is 12.1 Å². The molecule has 1 unspecified atom stereocenters. The summed E-state index contributed by atoms with van der Waals surface area (Å²) in [7, 11) is 0. The topological polar surface area (TPSA) is 87.7 Å². The smallest absolute Gasteiger partial charge is 0.274 e. The summed E-state index contributed by atoms with van der Waals surface area (Å²) in [5, 5.41) is 11.6. The van der Waals surface area contributed by atoms with Gasteiger partial charge in [0.2, 0.25) is 5.91 Å². The Morgan fingerprint density at radius 2 is 1.91 bits per heavy atom. The number of hydroxylamine groups is 1. The highest BCUT2D eigenvalue weighted by atomic mass is 16.5. The van der Waals surface area contributed by atoms with E-state index in [-0.39, 0.29) is 11.9 Å². The van der Waals surface area contributed by atoms with Crippen LogP contribution in [0.2, 0.25) is 0 Å². The van der Waals surface area contributed by atoms with Gasteiger partial charge in [0.25, 0.3) is 5.91 Å². The molecular formula is C16H22N2O4. The highest BCUT2D eigenvalue weighted by molar-refractivity contribution is 5.93. The second-order valence-corrected chi connectivity index (χ2v) is 5.61. The number of benzene rings is 1. The van der Waals surface area contributed by atoms with Gasteiger partial charge in [-0.25, -0.2) is 5.48 Å². The molecule has 1 aromatic carbocycles. The van der Waals surface area contributed by atoms with E-state index in [1.807, 2.05) is 6.92 Å². The molecule has 1 aliphatic heterocycles. The number of carbonyl (C=O) groups is 2. The van der Waals surface area contributed by atoms with Crippen LogP contribution in [0.4, 0.5) is 0 Å². The van der Waals surface area contributed by atoms with Crippen LogP contribution in [0.5, 0.6) is 0 Å². The molecule has 120 valence electrons. The number of carbonyl (C=O) groups excluding carboxylic acids is 2. The normalized spacial score (nSPS) is 16.8. The first kappa shape index (κ1) is 16.5. The monoisotopic (exact) mass is 306 g/mol. The highest BCUT2D eigenvalue weighted by Crippen LogP contribution is 2.19. The van der Waals surface area contributed by atoms with E-state index in [0.29, 0.717) is 17.9 Å². The molecule has 22 heavy (non-hydrogen) atoms. The first-order chi connectivity index (χ1) is 10.6. The molecule has 3 N–H and O–H groups in total. The molecule has 1 aromatic rings. The van der Waals surface area contributed by atoms with Gasteiger partial charge < -0.3 is 10.1 Å². The lowest BCUT2D eigenvalue weighted by molar-refractivity contribution is -0.123. The van der Waals surface area contributed by atoms with E-state index in [9.17, 15) is 9.59 Å². The SMILES string of the molecule is CC(NC(=O)CC1CCOCC1)c1ccc(C(=O)NO)cc1.